The van der Waals surface area contributed by atoms with E-state index in [1.54, 1.807) is 29.2 Å². The van der Waals surface area contributed by atoms with Crippen molar-refractivity contribution in [2.45, 2.75) is 19.3 Å². The first-order valence-electron chi connectivity index (χ1n) is 8.43. The van der Waals surface area contributed by atoms with E-state index in [1.807, 2.05) is 0 Å². The Balaban J connectivity index is 1.42. The summed E-state index contributed by atoms with van der Waals surface area (Å²) in [5, 5.41) is 2.71. The molecule has 2 fully saturated rings. The Kier molecular flexibility index (Phi) is 5.27. The van der Waals surface area contributed by atoms with Crippen LogP contribution in [0.4, 0.5) is 5.69 Å². The molecule has 1 aromatic rings. The molecule has 25 heavy (non-hydrogen) atoms. The third-order valence-corrected chi connectivity index (χ3v) is 6.34. The van der Waals surface area contributed by atoms with E-state index in [0.717, 1.165) is 18.7 Å². The molecule has 2 heterocycles. The van der Waals surface area contributed by atoms with Crippen LogP contribution in [0.2, 0.25) is 0 Å². The summed E-state index contributed by atoms with van der Waals surface area (Å²) in [5.41, 5.74) is 0.835. The number of anilines is 1. The first-order valence-corrected chi connectivity index (χ1v) is 10.3. The number of rotatable bonds is 6. The van der Waals surface area contributed by atoms with Gasteiger partial charge >= 0.3 is 0 Å². The second kappa shape index (κ2) is 7.43. The molecule has 0 spiro atoms. The summed E-state index contributed by atoms with van der Waals surface area (Å²) in [7, 11) is -2.92. The molecule has 2 aliphatic heterocycles. The molecular formula is C17H22N2O5S. The second-order valence-electron chi connectivity index (χ2n) is 6.50. The number of hydrogen-bond acceptors (Lipinski definition) is 5. The Hall–Kier alpha value is -2.09. The molecule has 1 N–H and O–H groups in total. The lowest BCUT2D eigenvalue weighted by atomic mass is 10.1. The number of hydrogen-bond donors (Lipinski definition) is 1. The molecule has 1 aromatic carbocycles. The number of carbonyl (C=O) groups is 2. The highest BCUT2D eigenvalue weighted by molar-refractivity contribution is 7.91. The Morgan fingerprint density at radius 2 is 2.04 bits per heavy atom. The van der Waals surface area contributed by atoms with Crippen LogP contribution in [0.5, 0.6) is 5.75 Å². The molecule has 3 rings (SSSR count). The maximum absolute atomic E-state index is 11.8. The predicted octanol–water partition coefficient (Wildman–Crippen LogP) is 0.743. The van der Waals surface area contributed by atoms with E-state index >= 15 is 0 Å². The largest absolute Gasteiger partial charge is 0.484 e. The van der Waals surface area contributed by atoms with Gasteiger partial charge in [0.15, 0.2) is 16.4 Å². The second-order valence-corrected chi connectivity index (χ2v) is 8.73. The van der Waals surface area contributed by atoms with Crippen molar-refractivity contribution in [3.8, 4) is 5.75 Å². The first-order chi connectivity index (χ1) is 11.9. The summed E-state index contributed by atoms with van der Waals surface area (Å²) < 4.78 is 28.2. The number of benzene rings is 1. The van der Waals surface area contributed by atoms with Crippen molar-refractivity contribution in [3.63, 3.8) is 0 Å². The van der Waals surface area contributed by atoms with Gasteiger partial charge in [0.05, 0.1) is 11.5 Å². The van der Waals surface area contributed by atoms with Crippen LogP contribution in [0.25, 0.3) is 0 Å². The zero-order valence-corrected chi connectivity index (χ0v) is 14.8. The summed E-state index contributed by atoms with van der Waals surface area (Å²) >= 11 is 0. The van der Waals surface area contributed by atoms with Gasteiger partial charge in [-0.2, -0.15) is 0 Å². The molecular weight excluding hydrogens is 344 g/mol. The van der Waals surface area contributed by atoms with E-state index in [9.17, 15) is 18.0 Å². The SMILES string of the molecule is O=C(COc1ccc(N2CCCC2=O)cc1)NC[C@@H]1CCS(=O)(=O)C1. The fraction of sp³-hybridized carbons (Fsp3) is 0.529. The van der Waals surface area contributed by atoms with E-state index in [-0.39, 0.29) is 35.8 Å². The molecule has 2 aliphatic rings. The Morgan fingerprint density at radius 1 is 1.28 bits per heavy atom. The van der Waals surface area contributed by atoms with E-state index in [1.165, 1.54) is 0 Å². The van der Waals surface area contributed by atoms with E-state index < -0.39 is 9.84 Å². The molecule has 8 heteroatoms. The van der Waals surface area contributed by atoms with Crippen LogP contribution in [0, 0.1) is 5.92 Å². The van der Waals surface area contributed by atoms with E-state index in [4.69, 9.17) is 4.74 Å². The number of nitrogens with one attached hydrogen (secondary N) is 1. The minimum atomic E-state index is -2.92. The zero-order valence-electron chi connectivity index (χ0n) is 13.9. The average Bonchev–Trinajstić information content (AvgIpc) is 3.16. The lowest BCUT2D eigenvalue weighted by molar-refractivity contribution is -0.123. The summed E-state index contributed by atoms with van der Waals surface area (Å²) in [6.07, 6.45) is 2.06. The molecule has 0 aromatic heterocycles. The van der Waals surface area contributed by atoms with Gasteiger partial charge in [0.25, 0.3) is 5.91 Å². The molecule has 0 bridgehead atoms. The number of carbonyl (C=O) groups excluding carboxylic acids is 2. The standard InChI is InChI=1S/C17H22N2O5S/c20-16(18-10-13-7-9-25(22,23)12-13)11-24-15-5-3-14(4-6-15)19-8-1-2-17(19)21/h3-6,13H,1-2,7-12H2,(H,18,20)/t13-/m0/s1. The van der Waals surface area contributed by atoms with Crippen molar-refractivity contribution in [1.29, 1.82) is 0 Å². The molecule has 1 atom stereocenters. The van der Waals surface area contributed by atoms with E-state index in [0.29, 0.717) is 25.1 Å². The van der Waals surface area contributed by atoms with Crippen molar-refractivity contribution in [2.24, 2.45) is 5.92 Å². The fourth-order valence-electron chi connectivity index (χ4n) is 3.13. The summed E-state index contributed by atoms with van der Waals surface area (Å²) in [6.45, 7) is 0.969. The van der Waals surface area contributed by atoms with Gasteiger partial charge in [-0.15, -0.1) is 0 Å². The topological polar surface area (TPSA) is 92.8 Å². The third kappa shape index (κ3) is 4.72. The highest BCUT2D eigenvalue weighted by atomic mass is 32.2. The van der Waals surface area contributed by atoms with Crippen molar-refractivity contribution >= 4 is 27.3 Å². The Bertz CT molecular complexity index is 745. The summed E-state index contributed by atoms with van der Waals surface area (Å²) in [6, 6.07) is 7.08. The van der Waals surface area contributed by atoms with Gasteiger partial charge in [-0.25, -0.2) is 8.42 Å². The van der Waals surface area contributed by atoms with Crippen LogP contribution < -0.4 is 15.0 Å². The molecule has 2 saturated heterocycles. The summed E-state index contributed by atoms with van der Waals surface area (Å²) in [5.74, 6) is 0.742. The van der Waals surface area contributed by atoms with Crippen LogP contribution in [-0.2, 0) is 19.4 Å². The molecule has 7 nitrogen and oxygen atoms in total. The fourth-order valence-corrected chi connectivity index (χ4v) is 5.00. The Labute approximate surface area is 147 Å². The van der Waals surface area contributed by atoms with Crippen LogP contribution in [0.3, 0.4) is 0 Å². The molecule has 0 unspecified atom stereocenters. The van der Waals surface area contributed by atoms with Gasteiger partial charge in [-0.05, 0) is 43.0 Å². The van der Waals surface area contributed by atoms with Crippen molar-refractivity contribution in [1.82, 2.24) is 5.32 Å². The third-order valence-electron chi connectivity index (χ3n) is 4.51. The van der Waals surface area contributed by atoms with Crippen LogP contribution in [0.1, 0.15) is 19.3 Å². The highest BCUT2D eigenvalue weighted by Gasteiger charge is 2.28. The number of sulfone groups is 1. The zero-order chi connectivity index (χ0) is 17.9. The maximum atomic E-state index is 11.8. The Morgan fingerprint density at radius 3 is 2.64 bits per heavy atom. The lowest BCUT2D eigenvalue weighted by Gasteiger charge is -2.16. The molecule has 0 aliphatic carbocycles. The monoisotopic (exact) mass is 366 g/mol. The molecule has 136 valence electrons. The first kappa shape index (κ1) is 17.7. The summed E-state index contributed by atoms with van der Waals surface area (Å²) in [4.78, 5) is 25.3. The van der Waals surface area contributed by atoms with Crippen LogP contribution >= 0.6 is 0 Å². The van der Waals surface area contributed by atoms with Gasteiger partial charge in [-0.3, -0.25) is 9.59 Å². The van der Waals surface area contributed by atoms with Crippen molar-refractivity contribution in [3.05, 3.63) is 24.3 Å². The minimum Gasteiger partial charge on any atom is -0.484 e. The number of nitrogens with zero attached hydrogens (tertiary/aromatic N) is 1. The quantitative estimate of drug-likeness (QED) is 0.802. The van der Waals surface area contributed by atoms with Gasteiger partial charge in [0.2, 0.25) is 5.91 Å². The van der Waals surface area contributed by atoms with Crippen LogP contribution in [-0.4, -0.2) is 51.4 Å². The average molecular weight is 366 g/mol. The smallest absolute Gasteiger partial charge is 0.257 e. The van der Waals surface area contributed by atoms with Gasteiger partial charge in [-0.1, -0.05) is 0 Å². The van der Waals surface area contributed by atoms with Crippen molar-refractivity contribution in [2.75, 3.05) is 36.1 Å². The van der Waals surface area contributed by atoms with E-state index in [2.05, 4.69) is 5.32 Å². The van der Waals surface area contributed by atoms with Gasteiger partial charge in [0.1, 0.15) is 5.75 Å². The van der Waals surface area contributed by atoms with Gasteiger partial charge in [0, 0.05) is 25.2 Å². The van der Waals surface area contributed by atoms with Crippen molar-refractivity contribution < 1.29 is 22.7 Å². The van der Waals surface area contributed by atoms with Crippen LogP contribution in [0.15, 0.2) is 24.3 Å². The molecule has 0 radical (unpaired) electrons. The highest BCUT2D eigenvalue weighted by Crippen LogP contribution is 2.23. The minimum absolute atomic E-state index is 0.00812. The normalized spacial score (nSPS) is 22.2. The molecule has 2 amide bonds. The number of ether oxygens (including phenoxy) is 1. The lowest BCUT2D eigenvalue weighted by Crippen LogP contribution is -2.33. The van der Waals surface area contributed by atoms with Gasteiger partial charge < -0.3 is 15.0 Å². The number of amides is 2. The maximum Gasteiger partial charge on any atom is 0.257 e. The predicted molar refractivity (Wildman–Crippen MR) is 93.3 cm³/mol. The molecule has 0 saturated carbocycles.